The van der Waals surface area contributed by atoms with Crippen molar-refractivity contribution in [2.75, 3.05) is 13.1 Å². The van der Waals surface area contributed by atoms with Crippen molar-refractivity contribution in [2.24, 2.45) is 10.9 Å². The zero-order chi connectivity index (χ0) is 11.9. The number of rotatable bonds is 5. The van der Waals surface area contributed by atoms with Crippen molar-refractivity contribution in [3.05, 3.63) is 30.1 Å². The molecule has 4 nitrogen and oxygen atoms in total. The molecular formula is C13H20N4. The molecule has 0 aromatic carbocycles. The van der Waals surface area contributed by atoms with Crippen molar-refractivity contribution >= 4 is 5.96 Å². The van der Waals surface area contributed by atoms with Gasteiger partial charge in [-0.2, -0.15) is 0 Å². The first kappa shape index (κ1) is 11.9. The van der Waals surface area contributed by atoms with E-state index in [1.54, 1.807) is 6.20 Å². The summed E-state index contributed by atoms with van der Waals surface area (Å²) in [5.41, 5.74) is 0.996. The standard InChI is InChI=1S/C13H20N4/c1-2-14-13(16-9-11-6-7-11)17-10-12-5-3-4-8-15-12/h3-5,8,11H,2,6-7,9-10H2,1H3,(H2,14,16,17). The summed E-state index contributed by atoms with van der Waals surface area (Å²) in [5, 5.41) is 6.61. The molecule has 1 aromatic heterocycles. The normalized spacial score (nSPS) is 15.7. The third kappa shape index (κ3) is 4.43. The van der Waals surface area contributed by atoms with Gasteiger partial charge >= 0.3 is 0 Å². The van der Waals surface area contributed by atoms with Crippen LogP contribution < -0.4 is 10.6 Å². The van der Waals surface area contributed by atoms with E-state index in [0.717, 1.165) is 30.7 Å². The fourth-order valence-electron chi connectivity index (χ4n) is 1.56. The van der Waals surface area contributed by atoms with E-state index in [1.807, 2.05) is 18.2 Å². The van der Waals surface area contributed by atoms with Crippen molar-refractivity contribution in [1.82, 2.24) is 15.6 Å². The quantitative estimate of drug-likeness (QED) is 0.598. The van der Waals surface area contributed by atoms with Crippen LogP contribution in [0.2, 0.25) is 0 Å². The monoisotopic (exact) mass is 232 g/mol. The van der Waals surface area contributed by atoms with E-state index >= 15 is 0 Å². The lowest BCUT2D eigenvalue weighted by atomic mass is 10.3. The van der Waals surface area contributed by atoms with Gasteiger partial charge in [0.15, 0.2) is 5.96 Å². The number of aliphatic imine (C=N–C) groups is 1. The second-order valence-electron chi connectivity index (χ2n) is 4.34. The maximum Gasteiger partial charge on any atom is 0.191 e. The highest BCUT2D eigenvalue weighted by Crippen LogP contribution is 2.27. The highest BCUT2D eigenvalue weighted by Gasteiger charge is 2.20. The summed E-state index contributed by atoms with van der Waals surface area (Å²) in [6.07, 6.45) is 4.51. The Hall–Kier alpha value is -1.58. The summed E-state index contributed by atoms with van der Waals surface area (Å²) in [6.45, 7) is 4.63. The first-order valence-electron chi connectivity index (χ1n) is 6.30. The average molecular weight is 232 g/mol. The molecule has 0 radical (unpaired) electrons. The summed E-state index contributed by atoms with van der Waals surface area (Å²) < 4.78 is 0. The first-order chi connectivity index (χ1) is 8.38. The number of nitrogens with zero attached hydrogens (tertiary/aromatic N) is 2. The van der Waals surface area contributed by atoms with Crippen LogP contribution in [0.25, 0.3) is 0 Å². The maximum atomic E-state index is 4.52. The van der Waals surface area contributed by atoms with Crippen LogP contribution in [0.5, 0.6) is 0 Å². The fraction of sp³-hybridized carbons (Fsp3) is 0.538. The molecule has 1 heterocycles. The van der Waals surface area contributed by atoms with E-state index in [1.165, 1.54) is 12.8 Å². The van der Waals surface area contributed by atoms with Gasteiger partial charge in [-0.05, 0) is 37.8 Å². The lowest BCUT2D eigenvalue weighted by Crippen LogP contribution is -2.38. The summed E-state index contributed by atoms with van der Waals surface area (Å²) in [4.78, 5) is 8.77. The molecule has 0 spiro atoms. The Morgan fingerprint density at radius 1 is 1.41 bits per heavy atom. The minimum atomic E-state index is 0.626. The molecule has 0 aliphatic heterocycles. The molecular weight excluding hydrogens is 212 g/mol. The van der Waals surface area contributed by atoms with Crippen molar-refractivity contribution in [3.8, 4) is 0 Å². The third-order valence-electron chi connectivity index (χ3n) is 2.72. The lowest BCUT2D eigenvalue weighted by Gasteiger charge is -2.10. The molecule has 1 aliphatic rings. The van der Waals surface area contributed by atoms with Gasteiger partial charge < -0.3 is 10.6 Å². The minimum absolute atomic E-state index is 0.626. The van der Waals surface area contributed by atoms with Gasteiger partial charge in [-0.15, -0.1) is 0 Å². The molecule has 0 amide bonds. The molecule has 0 bridgehead atoms. The van der Waals surface area contributed by atoms with Crippen molar-refractivity contribution in [3.63, 3.8) is 0 Å². The van der Waals surface area contributed by atoms with Crippen LogP contribution in [0.3, 0.4) is 0 Å². The number of nitrogens with one attached hydrogen (secondary N) is 2. The van der Waals surface area contributed by atoms with Crippen molar-refractivity contribution < 1.29 is 0 Å². The molecule has 17 heavy (non-hydrogen) atoms. The fourth-order valence-corrected chi connectivity index (χ4v) is 1.56. The van der Waals surface area contributed by atoms with Gasteiger partial charge in [0.25, 0.3) is 0 Å². The Balaban J connectivity index is 1.84. The van der Waals surface area contributed by atoms with Gasteiger partial charge in [0, 0.05) is 19.3 Å². The predicted molar refractivity (Wildman–Crippen MR) is 69.8 cm³/mol. The molecule has 1 saturated carbocycles. The second kappa shape index (κ2) is 6.23. The molecule has 0 saturated heterocycles. The van der Waals surface area contributed by atoms with Gasteiger partial charge in [0.2, 0.25) is 0 Å². The molecule has 1 fully saturated rings. The van der Waals surface area contributed by atoms with E-state index in [0.29, 0.717) is 6.54 Å². The van der Waals surface area contributed by atoms with Crippen LogP contribution in [0.4, 0.5) is 0 Å². The Morgan fingerprint density at radius 2 is 2.29 bits per heavy atom. The molecule has 92 valence electrons. The van der Waals surface area contributed by atoms with E-state index < -0.39 is 0 Å². The highest BCUT2D eigenvalue weighted by atomic mass is 15.2. The number of hydrogen-bond acceptors (Lipinski definition) is 2. The van der Waals surface area contributed by atoms with Crippen molar-refractivity contribution in [2.45, 2.75) is 26.3 Å². The second-order valence-corrected chi connectivity index (χ2v) is 4.34. The van der Waals surface area contributed by atoms with E-state index in [2.05, 4.69) is 27.5 Å². The Kier molecular flexibility index (Phi) is 4.36. The largest absolute Gasteiger partial charge is 0.357 e. The maximum absolute atomic E-state index is 4.52. The SMILES string of the molecule is CCNC(=NCc1ccccn1)NCC1CC1. The molecule has 1 aromatic rings. The topological polar surface area (TPSA) is 49.3 Å². The van der Waals surface area contributed by atoms with Crippen LogP contribution in [0.1, 0.15) is 25.5 Å². The molecule has 4 heteroatoms. The zero-order valence-corrected chi connectivity index (χ0v) is 10.3. The van der Waals surface area contributed by atoms with E-state index in [4.69, 9.17) is 0 Å². The first-order valence-corrected chi connectivity index (χ1v) is 6.30. The van der Waals surface area contributed by atoms with Crippen LogP contribution in [0, 0.1) is 5.92 Å². The number of hydrogen-bond donors (Lipinski definition) is 2. The Labute approximate surface area is 103 Å². The van der Waals surface area contributed by atoms with Crippen LogP contribution in [0.15, 0.2) is 29.4 Å². The van der Waals surface area contributed by atoms with Crippen LogP contribution in [-0.4, -0.2) is 24.0 Å². The Morgan fingerprint density at radius 3 is 2.94 bits per heavy atom. The summed E-state index contributed by atoms with van der Waals surface area (Å²) in [7, 11) is 0. The third-order valence-corrected chi connectivity index (χ3v) is 2.72. The smallest absolute Gasteiger partial charge is 0.191 e. The van der Waals surface area contributed by atoms with Gasteiger partial charge in [-0.3, -0.25) is 4.98 Å². The Bertz CT molecular complexity index is 357. The average Bonchev–Trinajstić information content (AvgIpc) is 3.18. The molecule has 0 atom stereocenters. The van der Waals surface area contributed by atoms with Gasteiger partial charge in [-0.1, -0.05) is 6.07 Å². The predicted octanol–water partition coefficient (Wildman–Crippen LogP) is 1.55. The summed E-state index contributed by atoms with van der Waals surface area (Å²) >= 11 is 0. The van der Waals surface area contributed by atoms with Gasteiger partial charge in [-0.25, -0.2) is 4.99 Å². The van der Waals surface area contributed by atoms with Crippen LogP contribution in [-0.2, 0) is 6.54 Å². The van der Waals surface area contributed by atoms with Gasteiger partial charge in [0.1, 0.15) is 0 Å². The molecule has 1 aliphatic carbocycles. The minimum Gasteiger partial charge on any atom is -0.357 e. The number of pyridine rings is 1. The van der Waals surface area contributed by atoms with Crippen molar-refractivity contribution in [1.29, 1.82) is 0 Å². The van der Waals surface area contributed by atoms with E-state index in [-0.39, 0.29) is 0 Å². The number of guanidine groups is 1. The summed E-state index contributed by atoms with van der Waals surface area (Å²) in [5.74, 6) is 1.75. The zero-order valence-electron chi connectivity index (χ0n) is 10.3. The van der Waals surface area contributed by atoms with E-state index in [9.17, 15) is 0 Å². The van der Waals surface area contributed by atoms with Crippen LogP contribution >= 0.6 is 0 Å². The lowest BCUT2D eigenvalue weighted by molar-refractivity contribution is 0.738. The molecule has 2 N–H and O–H groups in total. The molecule has 2 rings (SSSR count). The van der Waals surface area contributed by atoms with Gasteiger partial charge in [0.05, 0.1) is 12.2 Å². The highest BCUT2D eigenvalue weighted by molar-refractivity contribution is 5.79. The summed E-state index contributed by atoms with van der Waals surface area (Å²) in [6, 6.07) is 5.90. The number of aromatic nitrogens is 1. The molecule has 0 unspecified atom stereocenters.